The Kier molecular flexibility index (Phi) is 4.39. The summed E-state index contributed by atoms with van der Waals surface area (Å²) < 4.78 is 0. The topological polar surface area (TPSA) is 29.1 Å². The quantitative estimate of drug-likeness (QED) is 0.572. The minimum atomic E-state index is -0.206. The Balaban J connectivity index is 3.63. The van der Waals surface area contributed by atoms with Crippen LogP contribution in [0.25, 0.3) is 0 Å². The second kappa shape index (κ2) is 4.87. The molecule has 0 heterocycles. The largest absolute Gasteiger partial charge is 0.342 e. The van der Waals surface area contributed by atoms with Gasteiger partial charge in [-0.1, -0.05) is 19.3 Å². The number of nitrogens with one attached hydrogen (secondary N) is 1. The van der Waals surface area contributed by atoms with E-state index >= 15 is 0 Å². The van der Waals surface area contributed by atoms with Crippen LogP contribution >= 0.6 is 0 Å². The van der Waals surface area contributed by atoms with E-state index in [4.69, 9.17) is 6.42 Å². The van der Waals surface area contributed by atoms with Crippen molar-refractivity contribution >= 4 is 5.91 Å². The van der Waals surface area contributed by atoms with Crippen LogP contribution in [-0.4, -0.2) is 11.9 Å². The lowest BCUT2D eigenvalue weighted by Gasteiger charge is -2.08. The number of carbonyl (C=O) groups is 1. The van der Waals surface area contributed by atoms with Crippen molar-refractivity contribution in [2.45, 2.75) is 26.3 Å². The van der Waals surface area contributed by atoms with Crippen LogP contribution in [-0.2, 0) is 4.79 Å². The first-order valence-corrected chi connectivity index (χ1v) is 3.27. The molecule has 1 radical (unpaired) electrons. The molecule has 0 saturated carbocycles. The second-order valence-electron chi connectivity index (χ2n) is 1.99. The van der Waals surface area contributed by atoms with Gasteiger partial charge in [-0.05, 0) is 6.42 Å². The van der Waals surface area contributed by atoms with E-state index in [2.05, 4.69) is 11.2 Å². The highest BCUT2D eigenvalue weighted by molar-refractivity contribution is 5.73. The van der Waals surface area contributed by atoms with Gasteiger partial charge in [-0.25, -0.2) is 0 Å². The molecule has 0 aromatic rings. The highest BCUT2D eigenvalue weighted by atomic mass is 16.1. The fourth-order valence-corrected chi connectivity index (χ4v) is 0.623. The molecule has 1 N–H and O–H groups in total. The van der Waals surface area contributed by atoms with Gasteiger partial charge >= 0.3 is 0 Å². The molecule has 0 rings (SSSR count). The van der Waals surface area contributed by atoms with Gasteiger partial charge in [-0.3, -0.25) is 4.79 Å². The summed E-state index contributed by atoms with van der Waals surface area (Å²) in [5, 5.41) is 2.60. The summed E-state index contributed by atoms with van der Waals surface area (Å²) in [5.74, 6) is 2.36. The Morgan fingerprint density at radius 1 is 1.90 bits per heavy atom. The van der Waals surface area contributed by atoms with Crippen LogP contribution in [0.5, 0.6) is 0 Å². The third kappa shape index (κ3) is 3.96. The maximum Gasteiger partial charge on any atom is 0.217 e. The van der Waals surface area contributed by atoms with Crippen molar-refractivity contribution in [3.8, 4) is 12.3 Å². The molecule has 0 aromatic heterocycles. The normalized spacial score (nSPS) is 11.7. The number of hydrogen-bond acceptors (Lipinski definition) is 1. The smallest absolute Gasteiger partial charge is 0.217 e. The van der Waals surface area contributed by atoms with Crippen molar-refractivity contribution in [1.29, 1.82) is 0 Å². The van der Waals surface area contributed by atoms with Crippen LogP contribution in [0.2, 0.25) is 0 Å². The van der Waals surface area contributed by atoms with Crippen LogP contribution in [0, 0.1) is 18.8 Å². The molecule has 0 aliphatic carbocycles. The Morgan fingerprint density at radius 3 is 2.80 bits per heavy atom. The molecule has 55 valence electrons. The monoisotopic (exact) mass is 138 g/mol. The third-order valence-electron chi connectivity index (χ3n) is 1.01. The summed E-state index contributed by atoms with van der Waals surface area (Å²) >= 11 is 0. The molecule has 0 fully saturated rings. The van der Waals surface area contributed by atoms with Gasteiger partial charge in [0.25, 0.3) is 0 Å². The molecule has 0 aliphatic rings. The maximum atomic E-state index is 10.5. The molecule has 1 atom stereocenters. The van der Waals surface area contributed by atoms with Crippen LogP contribution in [0.3, 0.4) is 0 Å². The van der Waals surface area contributed by atoms with Gasteiger partial charge in [0, 0.05) is 6.92 Å². The van der Waals surface area contributed by atoms with Crippen LogP contribution in [0.1, 0.15) is 20.3 Å². The van der Waals surface area contributed by atoms with E-state index < -0.39 is 0 Å². The summed E-state index contributed by atoms with van der Waals surface area (Å²) in [6, 6.07) is -0.206. The first-order valence-electron chi connectivity index (χ1n) is 3.27. The molecule has 0 aliphatic heterocycles. The lowest BCUT2D eigenvalue weighted by molar-refractivity contribution is -0.119. The molecule has 0 aromatic carbocycles. The van der Waals surface area contributed by atoms with Crippen LogP contribution in [0.4, 0.5) is 0 Å². The zero-order chi connectivity index (χ0) is 7.98. The summed E-state index contributed by atoms with van der Waals surface area (Å²) in [7, 11) is 0. The highest BCUT2D eigenvalue weighted by Gasteiger charge is 2.02. The zero-order valence-electron chi connectivity index (χ0n) is 6.35. The van der Waals surface area contributed by atoms with Gasteiger partial charge in [-0.15, -0.1) is 6.42 Å². The predicted octanol–water partition coefficient (Wildman–Crippen LogP) is 0.739. The number of hydrogen-bond donors (Lipinski definition) is 1. The number of terminal acetylenes is 1. The van der Waals surface area contributed by atoms with Gasteiger partial charge in [-0.2, -0.15) is 0 Å². The number of amides is 1. The molecular formula is C8H12NO. The van der Waals surface area contributed by atoms with E-state index in [1.807, 2.05) is 13.3 Å². The molecule has 0 saturated heterocycles. The summed E-state index contributed by atoms with van der Waals surface area (Å²) in [6.07, 6.45) is 7.86. The van der Waals surface area contributed by atoms with E-state index in [0.29, 0.717) is 0 Å². The minimum Gasteiger partial charge on any atom is -0.342 e. The molecule has 0 spiro atoms. The summed E-state index contributed by atoms with van der Waals surface area (Å²) in [5.41, 5.74) is 0. The SMILES string of the molecule is C#CC([CH]CC)NC(C)=O. The zero-order valence-corrected chi connectivity index (χ0v) is 6.35. The lowest BCUT2D eigenvalue weighted by atomic mass is 10.2. The van der Waals surface area contributed by atoms with E-state index in [1.54, 1.807) is 0 Å². The van der Waals surface area contributed by atoms with E-state index in [1.165, 1.54) is 6.92 Å². The average Bonchev–Trinajstić information content (AvgIpc) is 1.86. The van der Waals surface area contributed by atoms with Crippen molar-refractivity contribution in [2.24, 2.45) is 0 Å². The van der Waals surface area contributed by atoms with Crippen LogP contribution in [0.15, 0.2) is 0 Å². The van der Waals surface area contributed by atoms with Crippen molar-refractivity contribution in [1.82, 2.24) is 5.32 Å². The van der Waals surface area contributed by atoms with Gasteiger partial charge in [0.2, 0.25) is 5.91 Å². The molecule has 2 nitrogen and oxygen atoms in total. The van der Waals surface area contributed by atoms with Crippen molar-refractivity contribution < 1.29 is 4.79 Å². The summed E-state index contributed by atoms with van der Waals surface area (Å²) in [6.45, 7) is 3.43. The van der Waals surface area contributed by atoms with E-state index in [-0.39, 0.29) is 11.9 Å². The number of carbonyl (C=O) groups excluding carboxylic acids is 1. The second-order valence-corrected chi connectivity index (χ2v) is 1.99. The molecule has 10 heavy (non-hydrogen) atoms. The molecule has 1 unspecified atom stereocenters. The van der Waals surface area contributed by atoms with Gasteiger partial charge in [0.15, 0.2) is 0 Å². The Labute approximate surface area is 62.0 Å². The molecule has 2 heteroatoms. The number of rotatable bonds is 3. The average molecular weight is 138 g/mol. The predicted molar refractivity (Wildman–Crippen MR) is 41.0 cm³/mol. The molecule has 0 bridgehead atoms. The Morgan fingerprint density at radius 2 is 2.50 bits per heavy atom. The third-order valence-corrected chi connectivity index (χ3v) is 1.01. The lowest BCUT2D eigenvalue weighted by Crippen LogP contribution is -2.31. The standard InChI is InChI=1S/C8H12NO/c1-4-6-8(5-2)9-7(3)10/h2,6,8H,4H2,1,3H3,(H,9,10). The van der Waals surface area contributed by atoms with Gasteiger partial charge in [0.1, 0.15) is 0 Å². The summed E-state index contributed by atoms with van der Waals surface area (Å²) in [4.78, 5) is 10.5. The Hall–Kier alpha value is -0.970. The van der Waals surface area contributed by atoms with Gasteiger partial charge in [0.05, 0.1) is 6.04 Å². The van der Waals surface area contributed by atoms with Crippen LogP contribution < -0.4 is 5.32 Å². The van der Waals surface area contributed by atoms with E-state index in [9.17, 15) is 4.79 Å². The van der Waals surface area contributed by atoms with Gasteiger partial charge < -0.3 is 5.32 Å². The van der Waals surface area contributed by atoms with Crippen molar-refractivity contribution in [2.75, 3.05) is 0 Å². The van der Waals surface area contributed by atoms with E-state index in [0.717, 1.165) is 6.42 Å². The molecular weight excluding hydrogens is 126 g/mol. The maximum absolute atomic E-state index is 10.5. The fraction of sp³-hybridized carbons (Fsp3) is 0.500. The van der Waals surface area contributed by atoms with Crippen molar-refractivity contribution in [3.05, 3.63) is 6.42 Å². The fourth-order valence-electron chi connectivity index (χ4n) is 0.623. The van der Waals surface area contributed by atoms with Crippen molar-refractivity contribution in [3.63, 3.8) is 0 Å². The highest BCUT2D eigenvalue weighted by Crippen LogP contribution is 1.91. The first kappa shape index (κ1) is 9.03. The Bertz CT molecular complexity index is 146. The minimum absolute atomic E-state index is 0.0901. The first-order chi connectivity index (χ1) is 4.70. The molecule has 1 amide bonds.